The first-order valence-electron chi connectivity index (χ1n) is 4.86. The first kappa shape index (κ1) is 10.7. The van der Waals surface area contributed by atoms with Crippen LogP contribution in [0.5, 0.6) is 0 Å². The number of hydrogen-bond donors (Lipinski definition) is 1. The van der Waals surface area contributed by atoms with Crippen molar-refractivity contribution in [2.24, 2.45) is 0 Å². The summed E-state index contributed by atoms with van der Waals surface area (Å²) in [5.41, 5.74) is 1.18. The quantitative estimate of drug-likeness (QED) is 0.790. The molecule has 1 atom stereocenters. The molecule has 13 heavy (non-hydrogen) atoms. The zero-order valence-electron chi connectivity index (χ0n) is 8.29. The molecule has 0 fully saturated rings. The second-order valence-corrected chi connectivity index (χ2v) is 4.10. The fourth-order valence-corrected chi connectivity index (χ4v) is 2.29. The highest BCUT2D eigenvalue weighted by molar-refractivity contribution is 7.09. The van der Waals surface area contributed by atoms with Crippen molar-refractivity contribution >= 4 is 11.3 Å². The highest BCUT2D eigenvalue weighted by Crippen LogP contribution is 2.23. The van der Waals surface area contributed by atoms with Crippen LogP contribution < -0.4 is 0 Å². The molecule has 0 aliphatic rings. The van der Waals surface area contributed by atoms with Crippen LogP contribution in [0.3, 0.4) is 0 Å². The van der Waals surface area contributed by atoms with Crippen LogP contribution in [0, 0.1) is 0 Å². The van der Waals surface area contributed by atoms with Gasteiger partial charge < -0.3 is 5.11 Å². The molecule has 0 aromatic carbocycles. The summed E-state index contributed by atoms with van der Waals surface area (Å²) in [5, 5.41) is 12.3. The van der Waals surface area contributed by atoms with E-state index in [4.69, 9.17) is 5.11 Å². The van der Waals surface area contributed by atoms with E-state index in [0.717, 1.165) is 24.3 Å². The van der Waals surface area contributed by atoms with Gasteiger partial charge in [-0.3, -0.25) is 0 Å². The molecule has 1 N–H and O–H groups in total. The molecule has 1 aromatic rings. The molecule has 0 spiro atoms. The van der Waals surface area contributed by atoms with Gasteiger partial charge in [0.15, 0.2) is 0 Å². The molecule has 0 aliphatic heterocycles. The van der Waals surface area contributed by atoms with E-state index >= 15 is 0 Å². The van der Waals surface area contributed by atoms with Crippen LogP contribution in [0.25, 0.3) is 0 Å². The Labute approximate surface area is 83.6 Å². The fraction of sp³-hybridized carbons (Fsp3) is 0.700. The molecule has 1 aromatic heterocycles. The van der Waals surface area contributed by atoms with Gasteiger partial charge in [0.2, 0.25) is 0 Å². The van der Waals surface area contributed by atoms with Crippen molar-refractivity contribution in [1.29, 1.82) is 0 Å². The maximum atomic E-state index is 9.09. The Morgan fingerprint density at radius 1 is 1.54 bits per heavy atom. The Hall–Kier alpha value is -0.410. The minimum atomic E-state index is 0.218. The summed E-state index contributed by atoms with van der Waals surface area (Å²) in [7, 11) is 0. The standard InChI is InChI=1S/C10H17NOS/c1-3-5-9-7-13-10(11-9)8(4-2)6-12/h7-8,12H,3-6H2,1-2H3. The van der Waals surface area contributed by atoms with Gasteiger partial charge in [0, 0.05) is 11.3 Å². The van der Waals surface area contributed by atoms with Crippen LogP contribution in [0.4, 0.5) is 0 Å². The van der Waals surface area contributed by atoms with Gasteiger partial charge in [-0.25, -0.2) is 4.98 Å². The lowest BCUT2D eigenvalue weighted by Crippen LogP contribution is -2.02. The van der Waals surface area contributed by atoms with E-state index in [9.17, 15) is 0 Å². The molecular formula is C10H17NOS. The van der Waals surface area contributed by atoms with Crippen LogP contribution in [0.15, 0.2) is 5.38 Å². The zero-order chi connectivity index (χ0) is 9.68. The number of rotatable bonds is 5. The van der Waals surface area contributed by atoms with Crippen molar-refractivity contribution < 1.29 is 5.11 Å². The Morgan fingerprint density at radius 2 is 2.31 bits per heavy atom. The van der Waals surface area contributed by atoms with E-state index in [1.165, 1.54) is 5.69 Å². The molecule has 0 saturated carbocycles. The normalized spacial score (nSPS) is 13.2. The molecule has 2 nitrogen and oxygen atoms in total. The molecular weight excluding hydrogens is 182 g/mol. The zero-order valence-corrected chi connectivity index (χ0v) is 9.10. The predicted molar refractivity (Wildman–Crippen MR) is 56.2 cm³/mol. The molecule has 3 heteroatoms. The molecule has 74 valence electrons. The number of aliphatic hydroxyl groups is 1. The predicted octanol–water partition coefficient (Wildman–Crippen LogP) is 2.58. The van der Waals surface area contributed by atoms with Crippen LogP contribution >= 0.6 is 11.3 Å². The van der Waals surface area contributed by atoms with Crippen molar-refractivity contribution in [1.82, 2.24) is 4.98 Å². The summed E-state index contributed by atoms with van der Waals surface area (Å²) in [5.74, 6) is 0.246. The third-order valence-corrected chi connectivity index (χ3v) is 3.19. The monoisotopic (exact) mass is 199 g/mol. The molecule has 0 aliphatic carbocycles. The molecule has 0 bridgehead atoms. The lowest BCUT2D eigenvalue weighted by atomic mass is 10.1. The van der Waals surface area contributed by atoms with Gasteiger partial charge in [0.25, 0.3) is 0 Å². The molecule has 1 heterocycles. The largest absolute Gasteiger partial charge is 0.396 e. The number of hydrogen-bond acceptors (Lipinski definition) is 3. The van der Waals surface area contributed by atoms with Gasteiger partial charge in [0.1, 0.15) is 0 Å². The maximum absolute atomic E-state index is 9.09. The lowest BCUT2D eigenvalue weighted by Gasteiger charge is -2.06. The van der Waals surface area contributed by atoms with Crippen molar-refractivity contribution in [2.45, 2.75) is 39.0 Å². The summed E-state index contributed by atoms with van der Waals surface area (Å²) in [4.78, 5) is 4.50. The van der Waals surface area contributed by atoms with Crippen molar-refractivity contribution in [3.63, 3.8) is 0 Å². The smallest absolute Gasteiger partial charge is 0.0982 e. The topological polar surface area (TPSA) is 33.1 Å². The number of aromatic nitrogens is 1. The average molecular weight is 199 g/mol. The summed E-state index contributed by atoms with van der Waals surface area (Å²) < 4.78 is 0. The molecule has 0 saturated heterocycles. The van der Waals surface area contributed by atoms with Gasteiger partial charge in [-0.2, -0.15) is 0 Å². The minimum Gasteiger partial charge on any atom is -0.396 e. The van der Waals surface area contributed by atoms with Gasteiger partial charge in [-0.05, 0) is 12.8 Å². The second kappa shape index (κ2) is 5.35. The number of nitrogens with zero attached hydrogens (tertiary/aromatic N) is 1. The molecule has 0 amide bonds. The minimum absolute atomic E-state index is 0.218. The van der Waals surface area contributed by atoms with E-state index in [2.05, 4.69) is 24.2 Å². The van der Waals surface area contributed by atoms with Gasteiger partial charge in [0.05, 0.1) is 17.3 Å². The van der Waals surface area contributed by atoms with Gasteiger partial charge >= 0.3 is 0 Å². The Kier molecular flexibility index (Phi) is 4.39. The summed E-state index contributed by atoms with van der Waals surface area (Å²) in [6.07, 6.45) is 3.16. The number of aliphatic hydroxyl groups excluding tert-OH is 1. The number of aryl methyl sites for hydroxylation is 1. The van der Waals surface area contributed by atoms with E-state index < -0.39 is 0 Å². The molecule has 0 radical (unpaired) electrons. The van der Waals surface area contributed by atoms with Crippen LogP contribution in [0.2, 0.25) is 0 Å². The highest BCUT2D eigenvalue weighted by Gasteiger charge is 2.11. The SMILES string of the molecule is CCCc1csc(C(CC)CO)n1. The lowest BCUT2D eigenvalue weighted by molar-refractivity contribution is 0.262. The summed E-state index contributed by atoms with van der Waals surface area (Å²) >= 11 is 1.68. The highest BCUT2D eigenvalue weighted by atomic mass is 32.1. The van der Waals surface area contributed by atoms with Gasteiger partial charge in [-0.15, -0.1) is 11.3 Å². The Bertz CT molecular complexity index is 243. The molecule has 1 rings (SSSR count). The second-order valence-electron chi connectivity index (χ2n) is 3.21. The maximum Gasteiger partial charge on any atom is 0.0982 e. The molecule has 1 unspecified atom stereocenters. The third kappa shape index (κ3) is 2.78. The fourth-order valence-electron chi connectivity index (χ4n) is 1.26. The van der Waals surface area contributed by atoms with Crippen LogP contribution in [-0.4, -0.2) is 16.7 Å². The Balaban J connectivity index is 2.66. The van der Waals surface area contributed by atoms with Crippen molar-refractivity contribution in [3.05, 3.63) is 16.1 Å². The van der Waals surface area contributed by atoms with Crippen LogP contribution in [0.1, 0.15) is 43.3 Å². The first-order valence-corrected chi connectivity index (χ1v) is 5.74. The van der Waals surface area contributed by atoms with Crippen LogP contribution in [-0.2, 0) is 6.42 Å². The van der Waals surface area contributed by atoms with Crippen molar-refractivity contribution in [3.8, 4) is 0 Å². The van der Waals surface area contributed by atoms with E-state index in [0.29, 0.717) is 0 Å². The van der Waals surface area contributed by atoms with Gasteiger partial charge in [-0.1, -0.05) is 20.3 Å². The summed E-state index contributed by atoms with van der Waals surface area (Å²) in [6.45, 7) is 4.46. The van der Waals surface area contributed by atoms with E-state index in [1.54, 1.807) is 11.3 Å². The van der Waals surface area contributed by atoms with E-state index in [1.807, 2.05) is 0 Å². The van der Waals surface area contributed by atoms with E-state index in [-0.39, 0.29) is 12.5 Å². The third-order valence-electron chi connectivity index (χ3n) is 2.14. The number of thiazole rings is 1. The first-order chi connectivity index (χ1) is 6.31. The Morgan fingerprint density at radius 3 is 2.85 bits per heavy atom. The summed E-state index contributed by atoms with van der Waals surface area (Å²) in [6, 6.07) is 0. The average Bonchev–Trinajstić information content (AvgIpc) is 2.56. The van der Waals surface area contributed by atoms with Crippen molar-refractivity contribution in [2.75, 3.05) is 6.61 Å².